The first kappa shape index (κ1) is 18.9. The molecule has 0 aliphatic carbocycles. The van der Waals surface area contributed by atoms with Crippen molar-refractivity contribution in [1.29, 1.82) is 0 Å². The third-order valence-corrected chi connectivity index (χ3v) is 7.47. The van der Waals surface area contributed by atoms with Gasteiger partial charge in [-0.1, -0.05) is 17.7 Å². The van der Waals surface area contributed by atoms with Gasteiger partial charge in [0.05, 0.1) is 16.3 Å². The van der Waals surface area contributed by atoms with Crippen molar-refractivity contribution in [2.24, 2.45) is 5.92 Å². The largest absolute Gasteiger partial charge is 0.346 e. The van der Waals surface area contributed by atoms with E-state index in [2.05, 4.69) is 9.88 Å². The van der Waals surface area contributed by atoms with E-state index in [1.807, 2.05) is 6.08 Å². The molecule has 2 aromatic rings. The average Bonchev–Trinajstić information content (AvgIpc) is 3.01. The maximum Gasteiger partial charge on any atom is 0.208 e. The van der Waals surface area contributed by atoms with Crippen molar-refractivity contribution in [2.45, 2.75) is 35.7 Å². The standard InChI is InChI=1S/C19H21Cl2N3O2S/c20-15-2-1-3-16(10-15)27(25,26)19-13-23(11-14-4-7-22-8-5-14)18-6-9-24(21)12-17(18)19/h1-3,6,9-10,13-14,22H,4-5,7-8,11-12H2. The molecule has 0 bridgehead atoms. The molecule has 5 nitrogen and oxygen atoms in total. The molecule has 1 fully saturated rings. The Labute approximate surface area is 169 Å². The van der Waals surface area contributed by atoms with Gasteiger partial charge in [-0.2, -0.15) is 0 Å². The summed E-state index contributed by atoms with van der Waals surface area (Å²) in [5, 5.41) is 3.77. The normalized spacial score (nSPS) is 17.9. The number of nitrogens with one attached hydrogen (secondary N) is 1. The Kier molecular flexibility index (Phi) is 5.25. The second kappa shape index (κ2) is 7.51. The molecular formula is C19H21Cl2N3O2S. The van der Waals surface area contributed by atoms with Crippen LogP contribution < -0.4 is 5.32 Å². The Bertz CT molecular complexity index is 979. The Balaban J connectivity index is 1.77. The van der Waals surface area contributed by atoms with Crippen LogP contribution in [0.3, 0.4) is 0 Å². The van der Waals surface area contributed by atoms with Crippen molar-refractivity contribution in [3.05, 3.63) is 52.9 Å². The Morgan fingerprint density at radius 2 is 2.00 bits per heavy atom. The molecular weight excluding hydrogens is 405 g/mol. The zero-order valence-electron chi connectivity index (χ0n) is 14.7. The maximum absolute atomic E-state index is 13.3. The van der Waals surface area contributed by atoms with Crippen molar-refractivity contribution in [2.75, 3.05) is 13.1 Å². The molecule has 0 unspecified atom stereocenters. The van der Waals surface area contributed by atoms with Gasteiger partial charge >= 0.3 is 0 Å². The molecule has 0 amide bonds. The second-order valence-corrected chi connectivity index (χ2v) is 9.83. The number of hydrogen-bond acceptors (Lipinski definition) is 4. The van der Waals surface area contributed by atoms with Crippen molar-refractivity contribution >= 4 is 39.3 Å². The number of aromatic nitrogens is 1. The topological polar surface area (TPSA) is 54.3 Å². The predicted octanol–water partition coefficient (Wildman–Crippen LogP) is 3.91. The van der Waals surface area contributed by atoms with Crippen LogP contribution in [0.1, 0.15) is 24.1 Å². The third kappa shape index (κ3) is 3.76. The molecule has 1 aromatic carbocycles. The number of halogens is 2. The van der Waals surface area contributed by atoms with E-state index in [9.17, 15) is 8.42 Å². The van der Waals surface area contributed by atoms with Crippen molar-refractivity contribution in [1.82, 2.24) is 14.3 Å². The number of sulfone groups is 1. The second-order valence-electron chi connectivity index (χ2n) is 7.04. The van der Waals surface area contributed by atoms with Gasteiger partial charge in [-0.15, -0.1) is 0 Å². The summed E-state index contributed by atoms with van der Waals surface area (Å²) in [6.45, 7) is 3.17. The fourth-order valence-corrected chi connectivity index (χ4v) is 5.77. The number of nitrogens with zero attached hydrogens (tertiary/aromatic N) is 2. The molecule has 144 valence electrons. The molecule has 1 N–H and O–H groups in total. The molecule has 1 saturated heterocycles. The summed E-state index contributed by atoms with van der Waals surface area (Å²) in [7, 11) is -3.68. The van der Waals surface area contributed by atoms with E-state index < -0.39 is 9.84 Å². The monoisotopic (exact) mass is 425 g/mol. The van der Waals surface area contributed by atoms with E-state index in [0.717, 1.165) is 43.7 Å². The predicted molar refractivity (Wildman–Crippen MR) is 107 cm³/mol. The first-order valence-electron chi connectivity index (χ1n) is 8.99. The number of hydrogen-bond donors (Lipinski definition) is 1. The van der Waals surface area contributed by atoms with E-state index in [1.165, 1.54) is 10.5 Å². The summed E-state index contributed by atoms with van der Waals surface area (Å²) < 4.78 is 30.2. The highest BCUT2D eigenvalue weighted by molar-refractivity contribution is 7.91. The minimum atomic E-state index is -3.68. The number of benzene rings is 1. The van der Waals surface area contributed by atoms with Crippen LogP contribution in [0.4, 0.5) is 0 Å². The van der Waals surface area contributed by atoms with Gasteiger partial charge in [0.25, 0.3) is 0 Å². The zero-order chi connectivity index (χ0) is 19.0. The summed E-state index contributed by atoms with van der Waals surface area (Å²) in [5.41, 5.74) is 1.66. The van der Waals surface area contributed by atoms with Gasteiger partial charge in [-0.25, -0.2) is 8.42 Å². The summed E-state index contributed by atoms with van der Waals surface area (Å²) in [5.74, 6) is 0.534. The van der Waals surface area contributed by atoms with Crippen LogP contribution >= 0.6 is 23.4 Å². The van der Waals surface area contributed by atoms with Crippen molar-refractivity contribution in [3.63, 3.8) is 0 Å². The highest BCUT2D eigenvalue weighted by atomic mass is 35.5. The van der Waals surface area contributed by atoms with Crippen LogP contribution in [0.5, 0.6) is 0 Å². The highest BCUT2D eigenvalue weighted by Crippen LogP contribution is 2.34. The molecule has 2 aliphatic heterocycles. The average molecular weight is 426 g/mol. The molecule has 0 saturated carbocycles. The van der Waals surface area contributed by atoms with Crippen molar-refractivity contribution in [3.8, 4) is 0 Å². The number of piperidine rings is 1. The van der Waals surface area contributed by atoms with Crippen LogP contribution in [0, 0.1) is 5.92 Å². The quantitative estimate of drug-likeness (QED) is 0.754. The summed E-state index contributed by atoms with van der Waals surface area (Å²) in [6.07, 6.45) is 7.62. The molecule has 0 spiro atoms. The summed E-state index contributed by atoms with van der Waals surface area (Å²) in [6, 6.07) is 6.39. The fourth-order valence-electron chi connectivity index (χ4n) is 3.79. The molecule has 2 aliphatic rings. The molecule has 4 rings (SSSR count). The minimum Gasteiger partial charge on any atom is -0.346 e. The molecule has 3 heterocycles. The first-order chi connectivity index (χ1) is 12.9. The van der Waals surface area contributed by atoms with Gasteiger partial charge in [0.2, 0.25) is 9.84 Å². The van der Waals surface area contributed by atoms with E-state index in [1.54, 1.807) is 30.6 Å². The summed E-state index contributed by atoms with van der Waals surface area (Å²) in [4.78, 5) is 0.510. The van der Waals surface area contributed by atoms with Crippen LogP contribution in [-0.2, 0) is 22.9 Å². The lowest BCUT2D eigenvalue weighted by Gasteiger charge is -2.24. The molecule has 0 atom stereocenters. The summed E-state index contributed by atoms with van der Waals surface area (Å²) >= 11 is 12.2. The smallest absolute Gasteiger partial charge is 0.208 e. The number of rotatable bonds is 4. The number of fused-ring (bicyclic) bond motifs is 1. The van der Waals surface area contributed by atoms with E-state index in [0.29, 0.717) is 22.4 Å². The SMILES string of the molecule is O=S(=O)(c1cccc(Cl)c1)c1cn(CC2CCNCC2)c2c1CN(Cl)C=C2. The lowest BCUT2D eigenvalue weighted by atomic mass is 9.98. The van der Waals surface area contributed by atoms with Crippen LogP contribution in [0.2, 0.25) is 5.02 Å². The van der Waals surface area contributed by atoms with Gasteiger partial charge in [0.1, 0.15) is 0 Å². The van der Waals surface area contributed by atoms with E-state index in [-0.39, 0.29) is 4.90 Å². The van der Waals surface area contributed by atoms with Gasteiger partial charge in [-0.05, 0) is 56.1 Å². The lowest BCUT2D eigenvalue weighted by Crippen LogP contribution is -2.30. The fraction of sp³-hybridized carbons (Fsp3) is 0.368. The minimum absolute atomic E-state index is 0.201. The van der Waals surface area contributed by atoms with Crippen LogP contribution in [-0.4, -0.2) is 30.5 Å². The van der Waals surface area contributed by atoms with Gasteiger partial charge < -0.3 is 9.88 Å². The van der Waals surface area contributed by atoms with Crippen LogP contribution in [0.15, 0.2) is 46.5 Å². The Hall–Kier alpha value is -1.47. The molecule has 27 heavy (non-hydrogen) atoms. The van der Waals surface area contributed by atoms with Gasteiger partial charge in [0, 0.05) is 47.0 Å². The zero-order valence-corrected chi connectivity index (χ0v) is 17.1. The third-order valence-electron chi connectivity index (χ3n) is 5.20. The molecule has 1 aromatic heterocycles. The van der Waals surface area contributed by atoms with Gasteiger partial charge in [-0.3, -0.25) is 4.42 Å². The van der Waals surface area contributed by atoms with Gasteiger partial charge in [0.15, 0.2) is 0 Å². The van der Waals surface area contributed by atoms with E-state index >= 15 is 0 Å². The maximum atomic E-state index is 13.3. The first-order valence-corrected chi connectivity index (χ1v) is 11.2. The Morgan fingerprint density at radius 3 is 2.74 bits per heavy atom. The lowest BCUT2D eigenvalue weighted by molar-refractivity contribution is 0.332. The van der Waals surface area contributed by atoms with Crippen LogP contribution in [0.25, 0.3) is 6.08 Å². The molecule has 0 radical (unpaired) electrons. The van der Waals surface area contributed by atoms with Crippen molar-refractivity contribution < 1.29 is 8.42 Å². The molecule has 8 heteroatoms. The van der Waals surface area contributed by atoms with E-state index in [4.69, 9.17) is 23.4 Å². The Morgan fingerprint density at radius 1 is 1.22 bits per heavy atom. The highest BCUT2D eigenvalue weighted by Gasteiger charge is 2.29.